The van der Waals surface area contributed by atoms with E-state index in [1.807, 2.05) is 0 Å². The number of hydrogen-bond donors (Lipinski definition) is 2. The summed E-state index contributed by atoms with van der Waals surface area (Å²) in [5, 5.41) is 18.2. The summed E-state index contributed by atoms with van der Waals surface area (Å²) in [4.78, 5) is 25.4. The molecule has 1 aromatic heterocycles. The Morgan fingerprint density at radius 3 is 2.37 bits per heavy atom. The van der Waals surface area contributed by atoms with Crippen LogP contribution < -0.4 is 0 Å². The van der Waals surface area contributed by atoms with Gasteiger partial charge in [-0.25, -0.2) is 14.6 Å². The van der Waals surface area contributed by atoms with E-state index in [-0.39, 0.29) is 16.5 Å². The van der Waals surface area contributed by atoms with E-state index in [1.54, 1.807) is 0 Å². The van der Waals surface area contributed by atoms with Gasteiger partial charge in [0.2, 0.25) is 17.3 Å². The van der Waals surface area contributed by atoms with E-state index in [1.165, 1.54) is 18.2 Å². The molecule has 1 aromatic carbocycles. The van der Waals surface area contributed by atoms with Gasteiger partial charge in [-0.15, -0.1) is 0 Å². The number of aromatic carboxylic acids is 2. The molecular formula is C11H5Cl2NO5. The molecule has 8 heteroatoms. The first-order valence-electron chi connectivity index (χ1n) is 4.83. The molecule has 0 aliphatic rings. The highest BCUT2D eigenvalue weighted by Crippen LogP contribution is 2.31. The molecule has 0 aliphatic carbocycles. The van der Waals surface area contributed by atoms with Crippen LogP contribution in [0.4, 0.5) is 0 Å². The van der Waals surface area contributed by atoms with Crippen molar-refractivity contribution in [2.75, 3.05) is 0 Å². The van der Waals surface area contributed by atoms with Crippen LogP contribution in [-0.2, 0) is 0 Å². The van der Waals surface area contributed by atoms with Crippen LogP contribution in [0.2, 0.25) is 10.0 Å². The van der Waals surface area contributed by atoms with Crippen molar-refractivity contribution in [2.45, 2.75) is 0 Å². The first-order chi connectivity index (χ1) is 8.90. The molecule has 0 saturated heterocycles. The first-order valence-corrected chi connectivity index (χ1v) is 5.58. The van der Waals surface area contributed by atoms with Gasteiger partial charge in [-0.1, -0.05) is 23.2 Å². The zero-order valence-corrected chi connectivity index (χ0v) is 10.6. The van der Waals surface area contributed by atoms with Gasteiger partial charge in [0.05, 0.1) is 10.6 Å². The Morgan fingerprint density at radius 2 is 1.84 bits per heavy atom. The molecule has 0 fully saturated rings. The smallest absolute Gasteiger partial charge is 0.374 e. The second-order valence-electron chi connectivity index (χ2n) is 3.43. The van der Waals surface area contributed by atoms with Crippen molar-refractivity contribution in [3.05, 3.63) is 39.7 Å². The summed E-state index contributed by atoms with van der Waals surface area (Å²) in [6.07, 6.45) is 0. The van der Waals surface area contributed by atoms with E-state index < -0.39 is 23.4 Å². The van der Waals surface area contributed by atoms with Crippen LogP contribution in [0, 0.1) is 0 Å². The Balaban J connectivity index is 2.64. The third kappa shape index (κ3) is 2.54. The van der Waals surface area contributed by atoms with Crippen molar-refractivity contribution < 1.29 is 24.2 Å². The van der Waals surface area contributed by atoms with E-state index in [0.29, 0.717) is 5.02 Å². The molecule has 0 spiro atoms. The van der Waals surface area contributed by atoms with Crippen molar-refractivity contribution in [3.63, 3.8) is 0 Å². The Hall–Kier alpha value is -2.05. The lowest BCUT2D eigenvalue weighted by Crippen LogP contribution is -2.05. The minimum absolute atomic E-state index is 0.208. The molecular weight excluding hydrogens is 297 g/mol. The quantitative estimate of drug-likeness (QED) is 0.903. The number of carboxylic acids is 2. The fourth-order valence-corrected chi connectivity index (χ4v) is 1.76. The van der Waals surface area contributed by atoms with Crippen molar-refractivity contribution in [1.82, 2.24) is 4.98 Å². The van der Waals surface area contributed by atoms with Crippen LogP contribution in [-0.4, -0.2) is 27.1 Å². The third-order valence-electron chi connectivity index (χ3n) is 2.18. The largest absolute Gasteiger partial charge is 0.476 e. The van der Waals surface area contributed by atoms with Gasteiger partial charge in [0, 0.05) is 5.02 Å². The zero-order chi connectivity index (χ0) is 14.2. The Kier molecular flexibility index (Phi) is 3.46. The SMILES string of the molecule is O=C(O)c1nc(-c2cc(Cl)ccc2Cl)oc1C(=O)O. The normalized spacial score (nSPS) is 10.4. The maximum absolute atomic E-state index is 10.9. The average molecular weight is 302 g/mol. The standard InChI is InChI=1S/C11H5Cl2NO5/c12-4-1-2-6(13)5(3-4)9-14-7(10(15)16)8(19-9)11(17)18/h1-3H,(H,15,16)(H,17,18). The molecule has 0 amide bonds. The Labute approximate surface area is 116 Å². The van der Waals surface area contributed by atoms with Gasteiger partial charge in [0.15, 0.2) is 0 Å². The minimum Gasteiger partial charge on any atom is -0.476 e. The second-order valence-corrected chi connectivity index (χ2v) is 4.27. The van der Waals surface area contributed by atoms with Gasteiger partial charge in [-0.2, -0.15) is 0 Å². The molecule has 0 aliphatic heterocycles. The molecule has 0 bridgehead atoms. The van der Waals surface area contributed by atoms with E-state index in [0.717, 1.165) is 0 Å². The molecule has 0 saturated carbocycles. The number of rotatable bonds is 3. The number of benzene rings is 1. The maximum Gasteiger partial charge on any atom is 0.374 e. The summed E-state index contributed by atoms with van der Waals surface area (Å²) in [5.41, 5.74) is -0.484. The van der Waals surface area contributed by atoms with Gasteiger partial charge in [-0.05, 0) is 18.2 Å². The molecule has 2 aromatic rings. The number of aromatic nitrogens is 1. The molecule has 0 unspecified atom stereocenters. The van der Waals surface area contributed by atoms with Crippen LogP contribution in [0.1, 0.15) is 21.0 Å². The van der Waals surface area contributed by atoms with Gasteiger partial charge in [-0.3, -0.25) is 0 Å². The zero-order valence-electron chi connectivity index (χ0n) is 9.05. The van der Waals surface area contributed by atoms with Crippen molar-refractivity contribution in [1.29, 1.82) is 0 Å². The Bertz CT molecular complexity index is 648. The lowest BCUT2D eigenvalue weighted by molar-refractivity contribution is 0.0624. The molecule has 2 N–H and O–H groups in total. The van der Waals surface area contributed by atoms with Crippen molar-refractivity contribution in [2.24, 2.45) is 0 Å². The molecule has 98 valence electrons. The fraction of sp³-hybridized carbons (Fsp3) is 0. The summed E-state index contributed by atoms with van der Waals surface area (Å²) >= 11 is 11.7. The highest BCUT2D eigenvalue weighted by molar-refractivity contribution is 6.35. The summed E-state index contributed by atoms with van der Waals surface area (Å²) in [6.45, 7) is 0. The average Bonchev–Trinajstić information content (AvgIpc) is 2.77. The summed E-state index contributed by atoms with van der Waals surface area (Å²) in [7, 11) is 0. The second kappa shape index (κ2) is 4.91. The minimum atomic E-state index is -1.53. The monoisotopic (exact) mass is 301 g/mol. The summed E-state index contributed by atoms with van der Waals surface area (Å²) in [5.74, 6) is -4.03. The van der Waals surface area contributed by atoms with Crippen molar-refractivity contribution >= 4 is 35.1 Å². The molecule has 2 rings (SSSR count). The van der Waals surface area contributed by atoms with Gasteiger partial charge in [0.25, 0.3) is 0 Å². The molecule has 1 heterocycles. The Morgan fingerprint density at radius 1 is 1.16 bits per heavy atom. The van der Waals surface area contributed by atoms with Crippen LogP contribution in [0.25, 0.3) is 11.5 Å². The van der Waals surface area contributed by atoms with Crippen LogP contribution >= 0.6 is 23.2 Å². The summed E-state index contributed by atoms with van der Waals surface area (Å²) in [6, 6.07) is 4.38. The number of hydrogen-bond acceptors (Lipinski definition) is 4. The highest BCUT2D eigenvalue weighted by atomic mass is 35.5. The predicted molar refractivity (Wildman–Crippen MR) is 65.9 cm³/mol. The topological polar surface area (TPSA) is 101 Å². The lowest BCUT2D eigenvalue weighted by Gasteiger charge is -1.99. The van der Waals surface area contributed by atoms with E-state index in [9.17, 15) is 9.59 Å². The molecule has 0 atom stereocenters. The number of nitrogens with zero attached hydrogens (tertiary/aromatic N) is 1. The van der Waals surface area contributed by atoms with Crippen LogP contribution in [0.3, 0.4) is 0 Å². The maximum atomic E-state index is 10.9. The predicted octanol–water partition coefficient (Wildman–Crippen LogP) is 3.04. The van der Waals surface area contributed by atoms with E-state index in [4.69, 9.17) is 37.8 Å². The molecule has 6 nitrogen and oxygen atoms in total. The van der Waals surface area contributed by atoms with E-state index >= 15 is 0 Å². The lowest BCUT2D eigenvalue weighted by atomic mass is 10.2. The summed E-state index contributed by atoms with van der Waals surface area (Å²) < 4.78 is 4.92. The highest BCUT2D eigenvalue weighted by Gasteiger charge is 2.26. The van der Waals surface area contributed by atoms with Crippen molar-refractivity contribution in [3.8, 4) is 11.5 Å². The molecule has 19 heavy (non-hydrogen) atoms. The van der Waals surface area contributed by atoms with Gasteiger partial charge in [0.1, 0.15) is 0 Å². The number of carbonyl (C=O) groups is 2. The first kappa shape index (κ1) is 13.4. The molecule has 0 radical (unpaired) electrons. The third-order valence-corrected chi connectivity index (χ3v) is 2.75. The number of oxazole rings is 1. The number of carboxylic acid groups (broad SMARTS) is 2. The fourth-order valence-electron chi connectivity index (χ4n) is 1.39. The van der Waals surface area contributed by atoms with Gasteiger partial charge < -0.3 is 14.6 Å². The van der Waals surface area contributed by atoms with E-state index in [2.05, 4.69) is 4.98 Å². The number of halogens is 2. The van der Waals surface area contributed by atoms with Crippen LogP contribution in [0.5, 0.6) is 0 Å². The van der Waals surface area contributed by atoms with Crippen LogP contribution in [0.15, 0.2) is 22.6 Å². The van der Waals surface area contributed by atoms with Gasteiger partial charge >= 0.3 is 11.9 Å².